The maximum Gasteiger partial charge on any atom is 0.335 e. The van der Waals surface area contributed by atoms with E-state index in [0.717, 1.165) is 51.0 Å². The minimum atomic E-state index is -0.880. The second-order valence-electron chi connectivity index (χ2n) is 12.9. The maximum absolute atomic E-state index is 13.6. The minimum Gasteiger partial charge on any atom is -0.478 e. The average molecular weight is 555 g/mol. The van der Waals surface area contributed by atoms with Crippen LogP contribution in [0.2, 0.25) is 0 Å². The fraction of sp³-hybridized carbons (Fsp3) is 0.529. The van der Waals surface area contributed by atoms with Crippen molar-refractivity contribution < 1.29 is 14.7 Å². The van der Waals surface area contributed by atoms with Gasteiger partial charge in [0.15, 0.2) is 0 Å². The van der Waals surface area contributed by atoms with Gasteiger partial charge in [0, 0.05) is 42.1 Å². The molecule has 4 aliphatic rings. The molecule has 2 N–H and O–H groups in total. The fourth-order valence-corrected chi connectivity index (χ4v) is 8.33. The number of aromatic carboxylic acids is 1. The van der Waals surface area contributed by atoms with Crippen LogP contribution in [0.5, 0.6) is 0 Å². The van der Waals surface area contributed by atoms with E-state index in [1.807, 2.05) is 6.07 Å². The van der Waals surface area contributed by atoms with E-state index in [1.165, 1.54) is 65.6 Å². The van der Waals surface area contributed by atoms with Gasteiger partial charge in [-0.3, -0.25) is 9.69 Å². The van der Waals surface area contributed by atoms with Crippen molar-refractivity contribution in [2.75, 3.05) is 24.5 Å². The Morgan fingerprint density at radius 3 is 2.54 bits per heavy atom. The Hall–Kier alpha value is -3.32. The van der Waals surface area contributed by atoms with Gasteiger partial charge >= 0.3 is 5.97 Å². The van der Waals surface area contributed by atoms with Crippen molar-refractivity contribution >= 4 is 28.5 Å². The Morgan fingerprint density at radius 2 is 1.76 bits per heavy atom. The number of carboxylic acids is 1. The van der Waals surface area contributed by atoms with Crippen molar-refractivity contribution in [2.24, 2.45) is 0 Å². The van der Waals surface area contributed by atoms with Crippen LogP contribution in [-0.2, 0) is 11.3 Å². The lowest BCUT2D eigenvalue weighted by Gasteiger charge is -2.37. The van der Waals surface area contributed by atoms with Crippen LogP contribution in [0, 0.1) is 0 Å². The molecule has 7 rings (SSSR count). The van der Waals surface area contributed by atoms with E-state index in [2.05, 4.69) is 57.8 Å². The summed E-state index contributed by atoms with van der Waals surface area (Å²) in [5.41, 5.74) is 7.76. The zero-order valence-corrected chi connectivity index (χ0v) is 24.4. The summed E-state index contributed by atoms with van der Waals surface area (Å²) >= 11 is 0. The molecule has 2 fully saturated rings. The van der Waals surface area contributed by atoms with E-state index in [0.29, 0.717) is 17.5 Å². The second-order valence-corrected chi connectivity index (χ2v) is 12.9. The number of aromatic nitrogens is 1. The Morgan fingerprint density at radius 1 is 0.927 bits per heavy atom. The lowest BCUT2D eigenvalue weighted by atomic mass is 9.81. The predicted octanol–water partition coefficient (Wildman–Crippen LogP) is 6.31. The van der Waals surface area contributed by atoms with Crippen LogP contribution in [-0.4, -0.2) is 58.2 Å². The first-order chi connectivity index (χ1) is 19.9. The Labute approximate surface area is 242 Å². The number of rotatable bonds is 5. The van der Waals surface area contributed by atoms with Gasteiger partial charge in [-0.1, -0.05) is 43.5 Å². The maximum atomic E-state index is 13.6. The molecule has 0 unspecified atom stereocenters. The van der Waals surface area contributed by atoms with Gasteiger partial charge in [-0.05, 0) is 81.7 Å². The first-order valence-electron chi connectivity index (χ1n) is 15.8. The molecule has 0 spiro atoms. The predicted molar refractivity (Wildman–Crippen MR) is 163 cm³/mol. The van der Waals surface area contributed by atoms with Crippen molar-refractivity contribution in [2.45, 2.75) is 95.8 Å². The molecule has 7 heteroatoms. The van der Waals surface area contributed by atoms with Gasteiger partial charge < -0.3 is 19.9 Å². The van der Waals surface area contributed by atoms with Crippen molar-refractivity contribution in [3.63, 3.8) is 0 Å². The van der Waals surface area contributed by atoms with Gasteiger partial charge in [0.2, 0.25) is 5.91 Å². The average Bonchev–Trinajstić information content (AvgIpc) is 3.56. The number of hydrogen-bond donors (Lipinski definition) is 2. The van der Waals surface area contributed by atoms with Crippen LogP contribution >= 0.6 is 0 Å². The Balaban J connectivity index is 1.35. The number of anilines is 1. The molecule has 2 aromatic carbocycles. The number of likely N-dealkylation sites (tertiary alicyclic amines) is 1. The van der Waals surface area contributed by atoms with Gasteiger partial charge in [0.25, 0.3) is 0 Å². The highest BCUT2D eigenvalue weighted by molar-refractivity contribution is 6.00. The first-order valence-corrected chi connectivity index (χ1v) is 15.8. The molecule has 2 atom stereocenters. The lowest BCUT2D eigenvalue weighted by Crippen LogP contribution is -2.48. The number of carboxylic acid groups (broad SMARTS) is 1. The SMILES string of the molecule is CC(C)N1CCC[C@H]1C(=O)N[C@@H]1CCN2CCn3c(c(C4CCCCC4)c4ccc(C(=O)O)cc43)-c3cccc1c32. The topological polar surface area (TPSA) is 77.8 Å². The first kappa shape index (κ1) is 26.6. The molecule has 1 amide bonds. The summed E-state index contributed by atoms with van der Waals surface area (Å²) in [5, 5.41) is 14.5. The largest absolute Gasteiger partial charge is 0.478 e. The highest BCUT2D eigenvalue weighted by Gasteiger charge is 2.37. The summed E-state index contributed by atoms with van der Waals surface area (Å²) in [6.45, 7) is 7.94. The van der Waals surface area contributed by atoms with Crippen LogP contribution in [0.1, 0.15) is 98.7 Å². The number of amides is 1. The summed E-state index contributed by atoms with van der Waals surface area (Å²) in [6.07, 6.45) is 9.03. The van der Waals surface area contributed by atoms with Crippen molar-refractivity contribution in [3.8, 4) is 11.3 Å². The van der Waals surface area contributed by atoms with E-state index in [9.17, 15) is 14.7 Å². The van der Waals surface area contributed by atoms with E-state index in [4.69, 9.17) is 0 Å². The third kappa shape index (κ3) is 4.44. The molecule has 0 radical (unpaired) electrons. The normalized spacial score (nSPS) is 23.0. The molecule has 41 heavy (non-hydrogen) atoms. The van der Waals surface area contributed by atoms with Crippen molar-refractivity contribution in [3.05, 3.63) is 53.1 Å². The van der Waals surface area contributed by atoms with Crippen LogP contribution in [0.15, 0.2) is 36.4 Å². The number of nitrogens with one attached hydrogen (secondary N) is 1. The number of fused-ring (bicyclic) bond motifs is 4. The second kappa shape index (κ2) is 10.5. The van der Waals surface area contributed by atoms with Gasteiger partial charge in [-0.2, -0.15) is 0 Å². The lowest BCUT2D eigenvalue weighted by molar-refractivity contribution is -0.126. The van der Waals surface area contributed by atoms with Crippen LogP contribution in [0.3, 0.4) is 0 Å². The number of hydrogen-bond acceptors (Lipinski definition) is 4. The molecular formula is C34H42N4O3. The van der Waals surface area contributed by atoms with Crippen molar-refractivity contribution in [1.29, 1.82) is 0 Å². The summed E-state index contributed by atoms with van der Waals surface area (Å²) in [4.78, 5) is 30.4. The zero-order chi connectivity index (χ0) is 28.2. The van der Waals surface area contributed by atoms with Crippen LogP contribution < -0.4 is 10.2 Å². The van der Waals surface area contributed by atoms with E-state index in [1.54, 1.807) is 6.07 Å². The molecule has 1 saturated carbocycles. The van der Waals surface area contributed by atoms with E-state index >= 15 is 0 Å². The van der Waals surface area contributed by atoms with Crippen LogP contribution in [0.4, 0.5) is 5.69 Å². The number of carbonyl (C=O) groups is 2. The third-order valence-electron chi connectivity index (χ3n) is 10.2. The third-order valence-corrected chi connectivity index (χ3v) is 10.2. The highest BCUT2D eigenvalue weighted by Crippen LogP contribution is 2.50. The van der Waals surface area contributed by atoms with Crippen molar-refractivity contribution in [1.82, 2.24) is 14.8 Å². The molecule has 216 valence electrons. The molecule has 1 saturated heterocycles. The zero-order valence-electron chi connectivity index (χ0n) is 24.4. The molecule has 4 heterocycles. The molecule has 3 aliphatic heterocycles. The fourth-order valence-electron chi connectivity index (χ4n) is 8.33. The smallest absolute Gasteiger partial charge is 0.335 e. The molecule has 7 nitrogen and oxygen atoms in total. The summed E-state index contributed by atoms with van der Waals surface area (Å²) < 4.78 is 2.41. The Bertz CT molecular complexity index is 1500. The van der Waals surface area contributed by atoms with Gasteiger partial charge in [0.05, 0.1) is 29.0 Å². The van der Waals surface area contributed by atoms with E-state index < -0.39 is 5.97 Å². The van der Waals surface area contributed by atoms with Gasteiger partial charge in [-0.25, -0.2) is 4.79 Å². The highest BCUT2D eigenvalue weighted by atomic mass is 16.4. The number of benzene rings is 2. The molecule has 0 bridgehead atoms. The minimum absolute atomic E-state index is 0.00372. The quantitative estimate of drug-likeness (QED) is 0.387. The van der Waals surface area contributed by atoms with E-state index in [-0.39, 0.29) is 18.0 Å². The van der Waals surface area contributed by atoms with Crippen LogP contribution in [0.25, 0.3) is 22.2 Å². The number of carbonyl (C=O) groups excluding carboxylic acids is 1. The molecular weight excluding hydrogens is 512 g/mol. The summed E-state index contributed by atoms with van der Waals surface area (Å²) in [7, 11) is 0. The number of para-hydroxylation sites is 1. The summed E-state index contributed by atoms with van der Waals surface area (Å²) in [5.74, 6) is -0.238. The Kier molecular flexibility index (Phi) is 6.81. The van der Waals surface area contributed by atoms with Gasteiger partial charge in [0.1, 0.15) is 0 Å². The molecule has 3 aromatic rings. The standard InChI is InChI=1S/C34H42N4O3/c1-21(2)37-16-7-12-28(37)33(39)35-27-15-17-36-18-19-38-29-20-23(34(40)41)13-14-25(29)30(22-8-4-3-5-9-22)32(38)26-11-6-10-24(27)31(26)36/h6,10-11,13-14,20-22,27-28H,3-5,7-9,12,15-19H2,1-2H3,(H,35,39)(H,40,41)/t27-,28+/m1/s1. The number of nitrogens with zero attached hydrogens (tertiary/aromatic N) is 3. The molecule has 1 aliphatic carbocycles. The van der Waals surface area contributed by atoms with Gasteiger partial charge in [-0.15, -0.1) is 0 Å². The monoisotopic (exact) mass is 554 g/mol. The summed E-state index contributed by atoms with van der Waals surface area (Å²) in [6, 6.07) is 12.7. The molecule has 1 aromatic heterocycles.